The number of carbonyl (C=O) groups is 2. The molecule has 6 nitrogen and oxygen atoms in total. The zero-order chi connectivity index (χ0) is 29.4. The monoisotopic (exact) mass is 561 g/mol. The van der Waals surface area contributed by atoms with E-state index in [1.54, 1.807) is 12.1 Å². The van der Waals surface area contributed by atoms with Crippen LogP contribution in [0.5, 0.6) is 0 Å². The van der Waals surface area contributed by atoms with Crippen LogP contribution in [0.25, 0.3) is 0 Å². The number of imide groups is 1. The molecule has 5 rings (SSSR count). The van der Waals surface area contributed by atoms with Gasteiger partial charge in [-0.15, -0.1) is 0 Å². The van der Waals surface area contributed by atoms with Crippen molar-refractivity contribution in [2.45, 2.75) is 117 Å². The van der Waals surface area contributed by atoms with Gasteiger partial charge in [0.2, 0.25) is 0 Å². The summed E-state index contributed by atoms with van der Waals surface area (Å²) in [6.45, 7) is 11.6. The van der Waals surface area contributed by atoms with Crippen molar-refractivity contribution in [2.75, 3.05) is 4.90 Å². The Balaban J connectivity index is 1.48. The topological polar surface area (TPSA) is 81.7 Å². The molecule has 1 aromatic carbocycles. The summed E-state index contributed by atoms with van der Waals surface area (Å²) in [6, 6.07) is 8.01. The SMILES string of the molecule is CC(C)CCC[C@@H](C)C1CCC2C(C3/C=C4/CC(O)CCC4(C)NC(=O)N(c4ccccc4)C(=O)N3)=CCC[C@@]21C. The number of carbonyl (C=O) groups excluding carboxylic acids is 2. The van der Waals surface area contributed by atoms with E-state index in [4.69, 9.17) is 0 Å². The number of benzene rings is 1. The maximum absolute atomic E-state index is 13.9. The average Bonchev–Trinajstić information content (AvgIpc) is 3.29. The van der Waals surface area contributed by atoms with E-state index in [2.05, 4.69) is 50.5 Å². The molecule has 4 amide bonds. The predicted octanol–water partition coefficient (Wildman–Crippen LogP) is 7.74. The molecule has 7 atom stereocenters. The van der Waals surface area contributed by atoms with Crippen LogP contribution in [0.3, 0.4) is 0 Å². The van der Waals surface area contributed by atoms with Crippen LogP contribution >= 0.6 is 0 Å². The molecular formula is C35H51N3O3. The quantitative estimate of drug-likeness (QED) is 0.298. The fraction of sp³-hybridized carbons (Fsp3) is 0.657. The van der Waals surface area contributed by atoms with E-state index in [0.29, 0.717) is 42.7 Å². The molecule has 0 bridgehead atoms. The first-order valence-corrected chi connectivity index (χ1v) is 16.1. The van der Waals surface area contributed by atoms with Gasteiger partial charge in [0.1, 0.15) is 0 Å². The number of urea groups is 2. The van der Waals surface area contributed by atoms with E-state index in [1.165, 1.54) is 42.6 Å². The first kappa shape index (κ1) is 29.9. The zero-order valence-electron chi connectivity index (χ0n) is 25.8. The number of hydrogen-bond acceptors (Lipinski definition) is 3. The molecule has 0 radical (unpaired) electrons. The lowest BCUT2D eigenvalue weighted by molar-refractivity contribution is 0.103. The van der Waals surface area contributed by atoms with Crippen molar-refractivity contribution >= 4 is 17.7 Å². The van der Waals surface area contributed by atoms with Crippen LogP contribution in [0.1, 0.15) is 98.8 Å². The van der Waals surface area contributed by atoms with Crippen LogP contribution in [-0.2, 0) is 0 Å². The zero-order valence-corrected chi connectivity index (χ0v) is 25.8. The van der Waals surface area contributed by atoms with Crippen LogP contribution in [0.2, 0.25) is 0 Å². The number of nitrogens with one attached hydrogen (secondary N) is 2. The van der Waals surface area contributed by atoms with Gasteiger partial charge in [0.05, 0.1) is 23.4 Å². The Morgan fingerprint density at radius 1 is 1.00 bits per heavy atom. The standard InChI is InChI=1S/C35H51N3O3/c1-23(2)11-9-12-24(3)29-16-17-30-28(15-10-19-34(29,30)4)31-22-25-21-27(39)18-20-35(25,5)37-33(41)38(32(40)36-31)26-13-7-6-8-14-26/h6-8,13-15,22-24,27,29-31,39H,9-12,16-21H2,1-5H3,(H,36,40)(H,37,41)/b25-22-/t24-,27?,29?,30?,31?,34-,35?/m1/s1. The van der Waals surface area contributed by atoms with E-state index < -0.39 is 23.7 Å². The minimum Gasteiger partial charge on any atom is -0.393 e. The van der Waals surface area contributed by atoms with Crippen molar-refractivity contribution in [1.29, 1.82) is 0 Å². The predicted molar refractivity (Wildman–Crippen MR) is 166 cm³/mol. The third kappa shape index (κ3) is 6.00. The highest BCUT2D eigenvalue weighted by Gasteiger charge is 2.52. The highest BCUT2D eigenvalue weighted by molar-refractivity contribution is 6.14. The molecule has 1 aromatic rings. The maximum Gasteiger partial charge on any atom is 0.330 e. The lowest BCUT2D eigenvalue weighted by Gasteiger charge is -2.45. The van der Waals surface area contributed by atoms with Gasteiger partial charge in [0, 0.05) is 0 Å². The number of fused-ring (bicyclic) bond motifs is 2. The van der Waals surface area contributed by atoms with Gasteiger partial charge in [-0.1, -0.05) is 77.3 Å². The molecule has 0 spiro atoms. The second-order valence-electron chi connectivity index (χ2n) is 14.2. The number of nitrogens with zero attached hydrogens (tertiary/aromatic N) is 1. The van der Waals surface area contributed by atoms with Crippen molar-refractivity contribution in [2.24, 2.45) is 29.1 Å². The largest absolute Gasteiger partial charge is 0.393 e. The van der Waals surface area contributed by atoms with E-state index in [1.807, 2.05) is 25.1 Å². The van der Waals surface area contributed by atoms with Gasteiger partial charge in [0.25, 0.3) is 0 Å². The molecule has 0 aromatic heterocycles. The Labute approximate surface area is 247 Å². The summed E-state index contributed by atoms with van der Waals surface area (Å²) in [4.78, 5) is 28.9. The van der Waals surface area contributed by atoms with Crippen LogP contribution in [-0.4, -0.2) is 34.9 Å². The molecule has 4 aliphatic rings. The first-order chi connectivity index (χ1) is 19.5. The minimum atomic E-state index is -0.629. The number of amides is 4. The van der Waals surface area contributed by atoms with Crippen molar-refractivity contribution in [3.63, 3.8) is 0 Å². The molecule has 3 N–H and O–H groups in total. The molecule has 0 saturated heterocycles. The Morgan fingerprint density at radius 3 is 2.49 bits per heavy atom. The van der Waals surface area contributed by atoms with Crippen LogP contribution < -0.4 is 15.5 Å². The maximum atomic E-state index is 13.9. The van der Waals surface area contributed by atoms with E-state index in [-0.39, 0.29) is 11.5 Å². The molecular weight excluding hydrogens is 510 g/mol. The Kier molecular flexibility index (Phi) is 8.71. The van der Waals surface area contributed by atoms with Crippen LogP contribution in [0, 0.1) is 29.1 Å². The smallest absolute Gasteiger partial charge is 0.330 e. The summed E-state index contributed by atoms with van der Waals surface area (Å²) >= 11 is 0. The highest BCUT2D eigenvalue weighted by Crippen LogP contribution is 2.59. The van der Waals surface area contributed by atoms with Gasteiger partial charge in [0.15, 0.2) is 0 Å². The first-order valence-electron chi connectivity index (χ1n) is 16.1. The van der Waals surface area contributed by atoms with Crippen molar-refractivity contribution < 1.29 is 14.7 Å². The Hall–Kier alpha value is -2.60. The summed E-state index contributed by atoms with van der Waals surface area (Å²) in [5.74, 6) is 2.50. The molecule has 3 aliphatic carbocycles. The third-order valence-electron chi connectivity index (χ3n) is 11.0. The highest BCUT2D eigenvalue weighted by atomic mass is 16.3. The van der Waals surface area contributed by atoms with E-state index >= 15 is 0 Å². The van der Waals surface area contributed by atoms with Crippen LogP contribution in [0.4, 0.5) is 15.3 Å². The van der Waals surface area contributed by atoms with Crippen molar-refractivity contribution in [3.05, 3.63) is 53.6 Å². The third-order valence-corrected chi connectivity index (χ3v) is 11.0. The number of rotatable bonds is 7. The molecule has 2 saturated carbocycles. The van der Waals surface area contributed by atoms with Gasteiger partial charge >= 0.3 is 12.1 Å². The number of allylic oxidation sites excluding steroid dienone is 1. The van der Waals surface area contributed by atoms with Gasteiger partial charge in [-0.3, -0.25) is 0 Å². The second-order valence-corrected chi connectivity index (χ2v) is 14.2. The number of aliphatic hydroxyl groups is 1. The average molecular weight is 562 g/mol. The molecule has 6 heteroatoms. The normalized spacial score (nSPS) is 36.0. The lowest BCUT2D eigenvalue weighted by Crippen LogP contribution is -2.57. The van der Waals surface area contributed by atoms with Crippen molar-refractivity contribution in [3.8, 4) is 0 Å². The van der Waals surface area contributed by atoms with Gasteiger partial charge in [-0.25, -0.2) is 14.5 Å². The van der Waals surface area contributed by atoms with Gasteiger partial charge in [-0.05, 0) is 104 Å². The molecule has 1 aliphatic heterocycles. The number of aliphatic hydroxyl groups excluding tert-OH is 1. The summed E-state index contributed by atoms with van der Waals surface area (Å²) in [5, 5.41) is 17.1. The fourth-order valence-corrected chi connectivity index (χ4v) is 8.60. The number of para-hydroxylation sites is 1. The molecule has 1 heterocycles. The van der Waals surface area contributed by atoms with E-state index in [9.17, 15) is 14.7 Å². The Morgan fingerprint density at radius 2 is 1.76 bits per heavy atom. The molecule has 5 unspecified atom stereocenters. The lowest BCUT2D eigenvalue weighted by atomic mass is 9.61. The second kappa shape index (κ2) is 11.9. The fourth-order valence-electron chi connectivity index (χ4n) is 8.60. The van der Waals surface area contributed by atoms with Gasteiger partial charge in [-0.2, -0.15) is 0 Å². The molecule has 2 fully saturated rings. The van der Waals surface area contributed by atoms with E-state index in [0.717, 1.165) is 24.3 Å². The number of hydrogen-bond donors (Lipinski definition) is 3. The minimum absolute atomic E-state index is 0.200. The van der Waals surface area contributed by atoms with Crippen LogP contribution in [0.15, 0.2) is 53.6 Å². The summed E-state index contributed by atoms with van der Waals surface area (Å²) in [7, 11) is 0. The number of anilines is 1. The molecule has 224 valence electrons. The summed E-state index contributed by atoms with van der Waals surface area (Å²) < 4.78 is 0. The van der Waals surface area contributed by atoms with Gasteiger partial charge < -0.3 is 15.7 Å². The summed E-state index contributed by atoms with van der Waals surface area (Å²) in [5.41, 5.74) is 2.42. The molecule has 41 heavy (non-hydrogen) atoms. The van der Waals surface area contributed by atoms with Crippen molar-refractivity contribution in [1.82, 2.24) is 10.6 Å². The Bertz CT molecular complexity index is 1180. The summed E-state index contributed by atoms with van der Waals surface area (Å²) in [6.07, 6.45) is 14.3.